The highest BCUT2D eigenvalue weighted by atomic mass is 32.2. The predicted octanol–water partition coefficient (Wildman–Crippen LogP) is 5.31. The average Bonchev–Trinajstić information content (AvgIpc) is 2.84. The number of rotatable bonds is 4. The fourth-order valence-electron chi connectivity index (χ4n) is 3.22. The van der Waals surface area contributed by atoms with Gasteiger partial charge in [0.05, 0.1) is 30.0 Å². The van der Waals surface area contributed by atoms with Crippen molar-refractivity contribution < 1.29 is 18.7 Å². The number of hydrogen-bond acceptors (Lipinski definition) is 4. The Morgan fingerprint density at radius 2 is 1.79 bits per heavy atom. The number of ether oxygens (including phenoxy) is 1. The van der Waals surface area contributed by atoms with Crippen molar-refractivity contribution >= 4 is 29.3 Å². The second-order valence-corrected chi connectivity index (χ2v) is 7.57. The van der Waals surface area contributed by atoms with E-state index in [1.165, 1.54) is 22.7 Å². The SMILES string of the molecule is CCOC(=O)c1ccc2c(c1)N(Cc1ccccc1F)C(=O)c1ccccc1S2. The van der Waals surface area contributed by atoms with Gasteiger partial charge in [-0.2, -0.15) is 0 Å². The van der Waals surface area contributed by atoms with Gasteiger partial charge in [0.25, 0.3) is 5.91 Å². The van der Waals surface area contributed by atoms with Crippen molar-refractivity contribution in [1.82, 2.24) is 0 Å². The Bertz CT molecular complexity index is 1100. The maximum atomic E-state index is 14.3. The molecule has 0 aromatic heterocycles. The second kappa shape index (κ2) is 8.09. The zero-order valence-electron chi connectivity index (χ0n) is 15.7. The first-order valence-corrected chi connectivity index (χ1v) is 10.0. The van der Waals surface area contributed by atoms with Crippen LogP contribution in [0.3, 0.4) is 0 Å². The first-order valence-electron chi connectivity index (χ1n) is 9.22. The Balaban J connectivity index is 1.85. The zero-order valence-corrected chi connectivity index (χ0v) is 16.5. The molecule has 0 unspecified atom stereocenters. The van der Waals surface area contributed by atoms with E-state index in [-0.39, 0.29) is 24.9 Å². The number of hydrogen-bond donors (Lipinski definition) is 0. The van der Waals surface area contributed by atoms with Gasteiger partial charge in [-0.15, -0.1) is 0 Å². The van der Waals surface area contributed by atoms with Crippen LogP contribution in [0.15, 0.2) is 76.5 Å². The van der Waals surface area contributed by atoms with Gasteiger partial charge in [-0.25, -0.2) is 9.18 Å². The molecule has 146 valence electrons. The highest BCUT2D eigenvalue weighted by Gasteiger charge is 2.28. The molecular formula is C23H18FNO3S. The molecule has 1 heterocycles. The topological polar surface area (TPSA) is 46.6 Å². The zero-order chi connectivity index (χ0) is 20.4. The van der Waals surface area contributed by atoms with E-state index in [9.17, 15) is 14.0 Å². The van der Waals surface area contributed by atoms with Gasteiger partial charge in [0.1, 0.15) is 5.82 Å². The summed E-state index contributed by atoms with van der Waals surface area (Å²) in [5.74, 6) is -1.08. The molecule has 0 spiro atoms. The quantitative estimate of drug-likeness (QED) is 0.550. The van der Waals surface area contributed by atoms with Gasteiger partial charge in [0, 0.05) is 15.4 Å². The van der Waals surface area contributed by atoms with Crippen LogP contribution in [0, 0.1) is 5.82 Å². The summed E-state index contributed by atoms with van der Waals surface area (Å²) in [6.45, 7) is 2.05. The summed E-state index contributed by atoms with van der Waals surface area (Å²) < 4.78 is 19.4. The smallest absolute Gasteiger partial charge is 0.338 e. The molecular weight excluding hydrogens is 389 g/mol. The molecule has 0 N–H and O–H groups in total. The van der Waals surface area contributed by atoms with E-state index in [2.05, 4.69) is 0 Å². The lowest BCUT2D eigenvalue weighted by Gasteiger charge is -2.24. The normalized spacial score (nSPS) is 12.8. The van der Waals surface area contributed by atoms with E-state index in [0.29, 0.717) is 22.4 Å². The largest absolute Gasteiger partial charge is 0.462 e. The number of nitrogens with zero attached hydrogens (tertiary/aromatic N) is 1. The predicted molar refractivity (Wildman–Crippen MR) is 110 cm³/mol. The molecule has 0 fully saturated rings. The maximum Gasteiger partial charge on any atom is 0.338 e. The Hall–Kier alpha value is -3.12. The van der Waals surface area contributed by atoms with Crippen LogP contribution in [0.1, 0.15) is 33.2 Å². The minimum Gasteiger partial charge on any atom is -0.462 e. The molecule has 0 bridgehead atoms. The van der Waals surface area contributed by atoms with Crippen LogP contribution >= 0.6 is 11.8 Å². The van der Waals surface area contributed by atoms with Gasteiger partial charge in [-0.3, -0.25) is 4.79 Å². The van der Waals surface area contributed by atoms with Crippen LogP contribution in [0.5, 0.6) is 0 Å². The summed E-state index contributed by atoms with van der Waals surface area (Å²) >= 11 is 1.45. The van der Waals surface area contributed by atoms with E-state index >= 15 is 0 Å². The van der Waals surface area contributed by atoms with E-state index < -0.39 is 5.97 Å². The molecule has 6 heteroatoms. The van der Waals surface area contributed by atoms with Gasteiger partial charge in [0.2, 0.25) is 0 Å². The minimum atomic E-state index is -0.458. The third kappa shape index (κ3) is 3.76. The average molecular weight is 407 g/mol. The fraction of sp³-hybridized carbons (Fsp3) is 0.130. The maximum absolute atomic E-state index is 14.3. The van der Waals surface area contributed by atoms with Crippen LogP contribution in [-0.4, -0.2) is 18.5 Å². The van der Waals surface area contributed by atoms with E-state index in [1.807, 2.05) is 12.1 Å². The molecule has 4 nitrogen and oxygen atoms in total. The molecule has 0 saturated heterocycles. The first-order chi connectivity index (χ1) is 14.1. The van der Waals surface area contributed by atoms with Crippen molar-refractivity contribution in [3.05, 3.63) is 89.2 Å². The number of carbonyl (C=O) groups is 2. The van der Waals surface area contributed by atoms with E-state index in [4.69, 9.17) is 4.74 Å². The van der Waals surface area contributed by atoms with Crippen LogP contribution in [-0.2, 0) is 11.3 Å². The van der Waals surface area contributed by atoms with Crippen molar-refractivity contribution in [2.45, 2.75) is 23.3 Å². The Morgan fingerprint density at radius 3 is 2.59 bits per heavy atom. The number of halogens is 1. The molecule has 4 rings (SSSR count). The number of fused-ring (bicyclic) bond motifs is 2. The van der Waals surface area contributed by atoms with Gasteiger partial charge in [-0.1, -0.05) is 42.1 Å². The molecule has 0 radical (unpaired) electrons. The summed E-state index contributed by atoms with van der Waals surface area (Å²) in [4.78, 5) is 28.8. The molecule has 0 aliphatic carbocycles. The summed E-state index contributed by atoms with van der Waals surface area (Å²) in [5, 5.41) is 0. The number of amides is 1. The summed E-state index contributed by atoms with van der Waals surface area (Å²) in [7, 11) is 0. The lowest BCUT2D eigenvalue weighted by molar-refractivity contribution is 0.0526. The summed E-state index contributed by atoms with van der Waals surface area (Å²) in [6, 6.07) is 18.8. The lowest BCUT2D eigenvalue weighted by Crippen LogP contribution is -2.31. The molecule has 0 saturated carbocycles. The number of benzene rings is 3. The lowest BCUT2D eigenvalue weighted by atomic mass is 10.1. The van der Waals surface area contributed by atoms with Crippen molar-refractivity contribution in [1.29, 1.82) is 0 Å². The molecule has 1 aliphatic rings. The number of anilines is 1. The molecule has 3 aromatic rings. The minimum absolute atomic E-state index is 0.0552. The highest BCUT2D eigenvalue weighted by Crippen LogP contribution is 2.42. The molecule has 29 heavy (non-hydrogen) atoms. The van der Waals surface area contributed by atoms with Crippen molar-refractivity contribution in [3.8, 4) is 0 Å². The Morgan fingerprint density at radius 1 is 1.03 bits per heavy atom. The van der Waals surface area contributed by atoms with Gasteiger partial charge >= 0.3 is 5.97 Å². The number of esters is 1. The third-order valence-corrected chi connectivity index (χ3v) is 5.77. The highest BCUT2D eigenvalue weighted by molar-refractivity contribution is 7.99. The van der Waals surface area contributed by atoms with E-state index in [0.717, 1.165) is 9.79 Å². The van der Waals surface area contributed by atoms with Crippen molar-refractivity contribution in [2.75, 3.05) is 11.5 Å². The molecule has 1 aliphatic heterocycles. The number of carbonyl (C=O) groups excluding carboxylic acids is 2. The summed E-state index contributed by atoms with van der Waals surface area (Å²) in [5.41, 5.74) is 1.86. The standard InChI is InChI=1S/C23H18FNO3S/c1-2-28-23(27)15-11-12-21-19(13-15)25(14-16-7-3-5-9-18(16)24)22(26)17-8-4-6-10-20(17)29-21/h3-13H,2,14H2,1H3. The monoisotopic (exact) mass is 407 g/mol. The summed E-state index contributed by atoms with van der Waals surface area (Å²) in [6.07, 6.45) is 0. The second-order valence-electron chi connectivity index (χ2n) is 6.48. The van der Waals surface area contributed by atoms with Crippen LogP contribution in [0.2, 0.25) is 0 Å². The first kappa shape index (κ1) is 19.2. The van der Waals surface area contributed by atoms with Crippen molar-refractivity contribution in [2.24, 2.45) is 0 Å². The third-order valence-electron chi connectivity index (χ3n) is 4.63. The fourth-order valence-corrected chi connectivity index (χ4v) is 4.27. The van der Waals surface area contributed by atoms with Crippen LogP contribution < -0.4 is 4.90 Å². The van der Waals surface area contributed by atoms with Crippen LogP contribution in [0.25, 0.3) is 0 Å². The molecule has 1 amide bonds. The van der Waals surface area contributed by atoms with Gasteiger partial charge in [-0.05, 0) is 43.3 Å². The Labute approximate surface area is 172 Å². The van der Waals surface area contributed by atoms with Gasteiger partial charge in [0.15, 0.2) is 0 Å². The van der Waals surface area contributed by atoms with Crippen LogP contribution in [0.4, 0.5) is 10.1 Å². The van der Waals surface area contributed by atoms with E-state index in [1.54, 1.807) is 55.5 Å². The molecule has 3 aromatic carbocycles. The molecule has 0 atom stereocenters. The Kier molecular flexibility index (Phi) is 5.36. The van der Waals surface area contributed by atoms with Gasteiger partial charge < -0.3 is 9.64 Å². The van der Waals surface area contributed by atoms with Crippen molar-refractivity contribution in [3.63, 3.8) is 0 Å².